The number of hydrogen-bond acceptors (Lipinski definition) is 6. The average molecular weight is 362 g/mol. The van der Waals surface area contributed by atoms with Crippen LogP contribution in [0, 0.1) is 17.6 Å². The number of hydrogen-bond donors (Lipinski definition) is 2. The van der Waals surface area contributed by atoms with Crippen molar-refractivity contribution in [2.75, 3.05) is 10.0 Å². The predicted octanol–water partition coefficient (Wildman–Crippen LogP) is 2.21. The lowest BCUT2D eigenvalue weighted by Gasteiger charge is -2.05. The lowest BCUT2D eigenvalue weighted by molar-refractivity contribution is -0.118. The van der Waals surface area contributed by atoms with E-state index in [1.165, 1.54) is 0 Å². The lowest BCUT2D eigenvalue weighted by atomic mass is 10.2. The largest absolute Gasteiger partial charge is 0.300 e. The monoisotopic (exact) mass is 362 g/mol. The molecule has 0 bridgehead atoms. The molecule has 124 valence electrons. The molecular formula is C12H12F2N4O3S2. The van der Waals surface area contributed by atoms with E-state index in [0.29, 0.717) is 17.4 Å². The number of anilines is 2. The maximum absolute atomic E-state index is 13.1. The molecule has 2 aromatic rings. The summed E-state index contributed by atoms with van der Waals surface area (Å²) in [5, 5.41) is 9.47. The molecule has 0 saturated carbocycles. The molecule has 0 aliphatic carbocycles. The van der Waals surface area contributed by atoms with Crippen LogP contribution in [-0.2, 0) is 14.8 Å². The molecule has 11 heteroatoms. The Hall–Kier alpha value is -2.14. The number of rotatable bonds is 5. The van der Waals surface area contributed by atoms with E-state index in [1.54, 1.807) is 13.8 Å². The van der Waals surface area contributed by atoms with Gasteiger partial charge >= 0.3 is 0 Å². The number of aromatic nitrogens is 2. The van der Waals surface area contributed by atoms with Crippen molar-refractivity contribution in [3.05, 3.63) is 29.8 Å². The first-order valence-electron chi connectivity index (χ1n) is 6.31. The number of carbonyl (C=O) groups is 1. The van der Waals surface area contributed by atoms with Crippen LogP contribution < -0.4 is 10.0 Å². The summed E-state index contributed by atoms with van der Waals surface area (Å²) in [5.41, 5.74) is -0.160. The topological polar surface area (TPSA) is 101 Å². The van der Waals surface area contributed by atoms with Crippen molar-refractivity contribution < 1.29 is 22.0 Å². The minimum absolute atomic E-state index is 0.0226. The molecule has 0 fully saturated rings. The van der Waals surface area contributed by atoms with Crippen molar-refractivity contribution in [2.45, 2.75) is 18.2 Å². The van der Waals surface area contributed by atoms with Gasteiger partial charge in [0.1, 0.15) is 0 Å². The van der Waals surface area contributed by atoms with E-state index in [1.807, 2.05) is 0 Å². The summed E-state index contributed by atoms with van der Waals surface area (Å²) in [6.07, 6.45) is 0. The molecule has 0 radical (unpaired) electrons. The van der Waals surface area contributed by atoms with Crippen LogP contribution in [0.25, 0.3) is 0 Å². The normalized spacial score (nSPS) is 11.5. The SMILES string of the molecule is CC(C)C(=O)Nc1nnc(S(=O)(=O)Nc2ccc(F)c(F)c2)s1. The number of sulfonamides is 1. The summed E-state index contributed by atoms with van der Waals surface area (Å²) in [7, 11) is -4.12. The van der Waals surface area contributed by atoms with Crippen molar-refractivity contribution in [1.29, 1.82) is 0 Å². The summed E-state index contributed by atoms with van der Waals surface area (Å²) in [5.74, 6) is -2.92. The maximum Gasteiger partial charge on any atom is 0.291 e. The number of benzene rings is 1. The summed E-state index contributed by atoms with van der Waals surface area (Å²) < 4.78 is 51.8. The van der Waals surface area contributed by atoms with Crippen LogP contribution in [0.5, 0.6) is 0 Å². The third kappa shape index (κ3) is 4.20. The van der Waals surface area contributed by atoms with Crippen molar-refractivity contribution in [2.24, 2.45) is 5.92 Å². The smallest absolute Gasteiger partial charge is 0.291 e. The second kappa shape index (κ2) is 6.54. The molecule has 1 aromatic carbocycles. The van der Waals surface area contributed by atoms with Crippen molar-refractivity contribution in [3.63, 3.8) is 0 Å². The molecule has 23 heavy (non-hydrogen) atoms. The highest BCUT2D eigenvalue weighted by molar-refractivity contribution is 7.94. The van der Waals surface area contributed by atoms with Gasteiger partial charge in [0.2, 0.25) is 11.0 Å². The summed E-state index contributed by atoms with van der Waals surface area (Å²) in [6, 6.07) is 2.56. The Bertz CT molecular complexity index is 837. The molecular weight excluding hydrogens is 350 g/mol. The van der Waals surface area contributed by atoms with Crippen LogP contribution in [0.1, 0.15) is 13.8 Å². The number of carbonyl (C=O) groups excluding carboxylic acids is 1. The molecule has 0 spiro atoms. The van der Waals surface area contributed by atoms with Gasteiger partial charge in [-0.2, -0.15) is 8.42 Å². The Labute approximate surface area is 134 Å². The maximum atomic E-state index is 13.1. The van der Waals surface area contributed by atoms with Crippen molar-refractivity contribution in [1.82, 2.24) is 10.2 Å². The van der Waals surface area contributed by atoms with E-state index in [4.69, 9.17) is 0 Å². The van der Waals surface area contributed by atoms with Gasteiger partial charge in [0.25, 0.3) is 14.4 Å². The molecule has 0 aliphatic rings. The van der Waals surface area contributed by atoms with E-state index in [0.717, 1.165) is 12.1 Å². The molecule has 0 aliphatic heterocycles. The Balaban J connectivity index is 2.18. The van der Waals surface area contributed by atoms with Crippen LogP contribution in [0.2, 0.25) is 0 Å². The van der Waals surface area contributed by atoms with Gasteiger partial charge in [-0.25, -0.2) is 8.78 Å². The Kier molecular flexibility index (Phi) is 4.90. The van der Waals surface area contributed by atoms with Crippen LogP contribution in [0.3, 0.4) is 0 Å². The van der Waals surface area contributed by atoms with Gasteiger partial charge < -0.3 is 5.32 Å². The number of halogens is 2. The second-order valence-electron chi connectivity index (χ2n) is 4.75. The quantitative estimate of drug-likeness (QED) is 0.794. The minimum Gasteiger partial charge on any atom is -0.300 e. The van der Waals surface area contributed by atoms with Gasteiger partial charge in [0.05, 0.1) is 5.69 Å². The fourth-order valence-corrected chi connectivity index (χ4v) is 3.33. The van der Waals surface area contributed by atoms with E-state index in [2.05, 4.69) is 20.2 Å². The number of amides is 1. The zero-order valence-corrected chi connectivity index (χ0v) is 13.6. The van der Waals surface area contributed by atoms with Crippen LogP contribution in [0.4, 0.5) is 19.6 Å². The Morgan fingerprint density at radius 1 is 1.22 bits per heavy atom. The highest BCUT2D eigenvalue weighted by atomic mass is 32.2. The molecule has 7 nitrogen and oxygen atoms in total. The van der Waals surface area contributed by atoms with Crippen LogP contribution >= 0.6 is 11.3 Å². The summed E-state index contributed by atoms with van der Waals surface area (Å²) in [6.45, 7) is 3.33. The first-order chi connectivity index (χ1) is 10.7. The molecule has 1 amide bonds. The molecule has 0 atom stereocenters. The zero-order valence-electron chi connectivity index (χ0n) is 12.0. The molecule has 1 aromatic heterocycles. The first kappa shape index (κ1) is 17.2. The molecule has 2 rings (SSSR count). The van der Waals surface area contributed by atoms with Gasteiger partial charge in [-0.15, -0.1) is 10.2 Å². The fourth-order valence-electron chi connectivity index (χ4n) is 1.38. The molecule has 2 N–H and O–H groups in total. The van der Waals surface area contributed by atoms with Crippen LogP contribution in [0.15, 0.2) is 22.5 Å². The van der Waals surface area contributed by atoms with E-state index in [-0.39, 0.29) is 22.6 Å². The van der Waals surface area contributed by atoms with Crippen molar-refractivity contribution in [3.8, 4) is 0 Å². The van der Waals surface area contributed by atoms with Gasteiger partial charge in [0.15, 0.2) is 11.6 Å². The Morgan fingerprint density at radius 2 is 1.91 bits per heavy atom. The average Bonchev–Trinajstić information content (AvgIpc) is 2.92. The van der Waals surface area contributed by atoms with Crippen molar-refractivity contribution >= 4 is 38.1 Å². The van der Waals surface area contributed by atoms with Gasteiger partial charge in [-0.1, -0.05) is 25.2 Å². The van der Waals surface area contributed by atoms with Crippen LogP contribution in [-0.4, -0.2) is 24.5 Å². The lowest BCUT2D eigenvalue weighted by Crippen LogP contribution is -2.17. The fraction of sp³-hybridized carbons (Fsp3) is 0.250. The van der Waals surface area contributed by atoms with E-state index < -0.39 is 26.0 Å². The zero-order chi connectivity index (χ0) is 17.2. The summed E-state index contributed by atoms with van der Waals surface area (Å²) >= 11 is 0.640. The second-order valence-corrected chi connectivity index (χ2v) is 7.59. The number of nitrogens with one attached hydrogen (secondary N) is 2. The predicted molar refractivity (Wildman–Crippen MR) is 80.5 cm³/mol. The van der Waals surface area contributed by atoms with Gasteiger partial charge in [-0.05, 0) is 12.1 Å². The molecule has 0 unspecified atom stereocenters. The summed E-state index contributed by atoms with van der Waals surface area (Å²) in [4.78, 5) is 11.5. The first-order valence-corrected chi connectivity index (χ1v) is 8.61. The van der Waals surface area contributed by atoms with E-state index >= 15 is 0 Å². The van der Waals surface area contributed by atoms with Gasteiger partial charge in [-0.3, -0.25) is 9.52 Å². The Morgan fingerprint density at radius 3 is 2.52 bits per heavy atom. The highest BCUT2D eigenvalue weighted by Crippen LogP contribution is 2.23. The third-order valence-electron chi connectivity index (χ3n) is 2.56. The highest BCUT2D eigenvalue weighted by Gasteiger charge is 2.22. The standard InChI is InChI=1S/C12H12F2N4O3S2/c1-6(2)10(19)15-11-16-17-12(22-11)23(20,21)18-7-3-4-8(13)9(14)5-7/h3-6,18H,1-2H3,(H,15,16,19). The van der Waals surface area contributed by atoms with E-state index in [9.17, 15) is 22.0 Å². The molecule has 0 saturated heterocycles. The molecule has 1 heterocycles. The minimum atomic E-state index is -4.12. The van der Waals surface area contributed by atoms with Gasteiger partial charge in [0, 0.05) is 12.0 Å². The number of nitrogens with zero attached hydrogens (tertiary/aromatic N) is 2. The third-order valence-corrected chi connectivity index (χ3v) is 5.15.